The molecule has 1 aromatic rings. The van der Waals surface area contributed by atoms with Crippen molar-refractivity contribution in [2.45, 2.75) is 71.3 Å². The van der Waals surface area contributed by atoms with Crippen LogP contribution in [0, 0.1) is 0 Å². The molecular formula is C18H29Cl2N. The molecule has 0 fully saturated rings. The van der Waals surface area contributed by atoms with Crippen molar-refractivity contribution >= 4 is 23.2 Å². The minimum Gasteiger partial charge on any atom is -0.310 e. The Balaban J connectivity index is 2.09. The van der Waals surface area contributed by atoms with Crippen molar-refractivity contribution in [2.75, 3.05) is 6.54 Å². The summed E-state index contributed by atoms with van der Waals surface area (Å²) >= 11 is 12.1. The molecule has 0 saturated carbocycles. The Morgan fingerprint density at radius 3 is 2.19 bits per heavy atom. The van der Waals surface area contributed by atoms with E-state index in [-0.39, 0.29) is 6.04 Å². The van der Waals surface area contributed by atoms with Crippen LogP contribution in [0.1, 0.15) is 76.8 Å². The number of rotatable bonds is 11. The Hall–Kier alpha value is -0.240. The lowest BCUT2D eigenvalue weighted by atomic mass is 10.1. The third-order valence-electron chi connectivity index (χ3n) is 3.91. The molecule has 0 radical (unpaired) electrons. The molecule has 0 saturated heterocycles. The van der Waals surface area contributed by atoms with Crippen molar-refractivity contribution < 1.29 is 0 Å². The highest BCUT2D eigenvalue weighted by atomic mass is 35.5. The molecule has 1 unspecified atom stereocenters. The number of hydrogen-bond acceptors (Lipinski definition) is 1. The van der Waals surface area contributed by atoms with Gasteiger partial charge in [-0.3, -0.25) is 0 Å². The normalized spacial score (nSPS) is 12.6. The van der Waals surface area contributed by atoms with E-state index in [1.54, 1.807) is 0 Å². The van der Waals surface area contributed by atoms with Gasteiger partial charge in [0.1, 0.15) is 0 Å². The molecule has 0 aromatic heterocycles. The zero-order valence-corrected chi connectivity index (χ0v) is 14.9. The zero-order valence-electron chi connectivity index (χ0n) is 13.4. The Morgan fingerprint density at radius 1 is 0.952 bits per heavy atom. The Labute approximate surface area is 140 Å². The summed E-state index contributed by atoms with van der Waals surface area (Å²) in [4.78, 5) is 0. The van der Waals surface area contributed by atoms with Crippen LogP contribution in [0.4, 0.5) is 0 Å². The van der Waals surface area contributed by atoms with Gasteiger partial charge >= 0.3 is 0 Å². The van der Waals surface area contributed by atoms with Crippen molar-refractivity contribution in [3.8, 4) is 0 Å². The maximum absolute atomic E-state index is 6.22. The number of nitrogens with one attached hydrogen (secondary N) is 1. The second kappa shape index (κ2) is 11.3. The van der Waals surface area contributed by atoms with Crippen LogP contribution in [0.3, 0.4) is 0 Å². The topological polar surface area (TPSA) is 12.0 Å². The van der Waals surface area contributed by atoms with E-state index >= 15 is 0 Å². The highest BCUT2D eigenvalue weighted by Gasteiger charge is 2.08. The summed E-state index contributed by atoms with van der Waals surface area (Å²) in [5, 5.41) is 4.98. The summed E-state index contributed by atoms with van der Waals surface area (Å²) < 4.78 is 0. The van der Waals surface area contributed by atoms with Crippen LogP contribution in [0.2, 0.25) is 10.0 Å². The van der Waals surface area contributed by atoms with E-state index in [0.717, 1.165) is 17.1 Å². The SMILES string of the molecule is CCCCCCCCCCNC(C)c1ccc(Cl)cc1Cl. The summed E-state index contributed by atoms with van der Waals surface area (Å²) in [7, 11) is 0. The Morgan fingerprint density at radius 2 is 1.57 bits per heavy atom. The molecule has 0 spiro atoms. The molecule has 0 aliphatic heterocycles. The average molecular weight is 330 g/mol. The van der Waals surface area contributed by atoms with Gasteiger partial charge in [-0.05, 0) is 37.6 Å². The molecule has 0 heterocycles. The smallest absolute Gasteiger partial charge is 0.0468 e. The van der Waals surface area contributed by atoms with Gasteiger partial charge in [0.15, 0.2) is 0 Å². The van der Waals surface area contributed by atoms with Gasteiger partial charge in [0.05, 0.1) is 0 Å². The lowest BCUT2D eigenvalue weighted by Crippen LogP contribution is -2.20. The number of hydrogen-bond donors (Lipinski definition) is 1. The van der Waals surface area contributed by atoms with E-state index in [2.05, 4.69) is 19.2 Å². The largest absolute Gasteiger partial charge is 0.310 e. The molecule has 0 aliphatic rings. The standard InChI is InChI=1S/C18H29Cl2N/c1-3-4-5-6-7-8-9-10-13-21-15(2)17-12-11-16(19)14-18(17)20/h11-12,14-15,21H,3-10,13H2,1-2H3. The maximum atomic E-state index is 6.22. The maximum Gasteiger partial charge on any atom is 0.0468 e. The van der Waals surface area contributed by atoms with E-state index in [1.807, 2.05) is 18.2 Å². The van der Waals surface area contributed by atoms with Crippen LogP contribution in [0.15, 0.2) is 18.2 Å². The van der Waals surface area contributed by atoms with Crippen LogP contribution in [-0.2, 0) is 0 Å². The molecule has 21 heavy (non-hydrogen) atoms. The van der Waals surface area contributed by atoms with Crippen molar-refractivity contribution in [1.82, 2.24) is 5.32 Å². The predicted molar refractivity (Wildman–Crippen MR) is 95.5 cm³/mol. The fourth-order valence-electron chi connectivity index (χ4n) is 2.54. The van der Waals surface area contributed by atoms with Crippen molar-refractivity contribution in [1.29, 1.82) is 0 Å². The number of halogens is 2. The molecule has 0 aliphatic carbocycles. The number of benzene rings is 1. The monoisotopic (exact) mass is 329 g/mol. The third-order valence-corrected chi connectivity index (χ3v) is 4.47. The third kappa shape index (κ3) is 8.09. The molecule has 1 N–H and O–H groups in total. The molecule has 0 amide bonds. The van der Waals surface area contributed by atoms with Crippen LogP contribution >= 0.6 is 23.2 Å². The van der Waals surface area contributed by atoms with Gasteiger partial charge in [0.2, 0.25) is 0 Å². The first-order valence-electron chi connectivity index (χ1n) is 8.33. The molecule has 120 valence electrons. The van der Waals surface area contributed by atoms with Gasteiger partial charge in [-0.25, -0.2) is 0 Å². The van der Waals surface area contributed by atoms with Gasteiger partial charge in [-0.2, -0.15) is 0 Å². The van der Waals surface area contributed by atoms with Gasteiger partial charge in [0, 0.05) is 16.1 Å². The van der Waals surface area contributed by atoms with E-state index < -0.39 is 0 Å². The van der Waals surface area contributed by atoms with Crippen molar-refractivity contribution in [2.24, 2.45) is 0 Å². The van der Waals surface area contributed by atoms with Gasteiger partial charge in [-0.1, -0.05) is 81.1 Å². The van der Waals surface area contributed by atoms with E-state index in [1.165, 1.54) is 51.4 Å². The summed E-state index contributed by atoms with van der Waals surface area (Å²) in [5.41, 5.74) is 1.13. The average Bonchev–Trinajstić information content (AvgIpc) is 2.45. The minimum absolute atomic E-state index is 0.277. The lowest BCUT2D eigenvalue weighted by molar-refractivity contribution is 0.521. The molecular weight excluding hydrogens is 301 g/mol. The first kappa shape index (κ1) is 18.8. The molecule has 1 atom stereocenters. The molecule has 0 bridgehead atoms. The first-order chi connectivity index (χ1) is 10.1. The second-order valence-electron chi connectivity index (χ2n) is 5.82. The molecule has 1 aromatic carbocycles. The fraction of sp³-hybridized carbons (Fsp3) is 0.667. The van der Waals surface area contributed by atoms with Gasteiger partial charge in [0.25, 0.3) is 0 Å². The molecule has 1 nitrogen and oxygen atoms in total. The number of unbranched alkanes of at least 4 members (excludes halogenated alkanes) is 7. The van der Waals surface area contributed by atoms with E-state index in [4.69, 9.17) is 23.2 Å². The molecule has 3 heteroatoms. The quantitative estimate of drug-likeness (QED) is 0.441. The summed E-state index contributed by atoms with van der Waals surface area (Å²) in [6.07, 6.45) is 10.8. The van der Waals surface area contributed by atoms with Crippen LogP contribution in [0.25, 0.3) is 0 Å². The summed E-state index contributed by atoms with van der Waals surface area (Å²) in [6.45, 7) is 5.47. The van der Waals surface area contributed by atoms with Crippen LogP contribution in [-0.4, -0.2) is 6.54 Å². The fourth-order valence-corrected chi connectivity index (χ4v) is 3.11. The Bertz CT molecular complexity index is 393. The van der Waals surface area contributed by atoms with E-state index in [9.17, 15) is 0 Å². The lowest BCUT2D eigenvalue weighted by Gasteiger charge is -2.16. The summed E-state index contributed by atoms with van der Waals surface area (Å²) in [6, 6.07) is 6.00. The van der Waals surface area contributed by atoms with Crippen molar-refractivity contribution in [3.05, 3.63) is 33.8 Å². The first-order valence-corrected chi connectivity index (χ1v) is 9.09. The van der Waals surface area contributed by atoms with Crippen LogP contribution < -0.4 is 5.32 Å². The van der Waals surface area contributed by atoms with Crippen LogP contribution in [0.5, 0.6) is 0 Å². The van der Waals surface area contributed by atoms with Crippen molar-refractivity contribution in [3.63, 3.8) is 0 Å². The highest BCUT2D eigenvalue weighted by molar-refractivity contribution is 6.35. The highest BCUT2D eigenvalue weighted by Crippen LogP contribution is 2.26. The minimum atomic E-state index is 0.277. The zero-order chi connectivity index (χ0) is 15.5. The van der Waals surface area contributed by atoms with Gasteiger partial charge in [-0.15, -0.1) is 0 Å². The second-order valence-corrected chi connectivity index (χ2v) is 6.66. The Kier molecular flexibility index (Phi) is 10.2. The van der Waals surface area contributed by atoms with E-state index in [0.29, 0.717) is 5.02 Å². The predicted octanol–water partition coefficient (Wildman–Crippen LogP) is 6.78. The van der Waals surface area contributed by atoms with Gasteiger partial charge < -0.3 is 5.32 Å². The summed E-state index contributed by atoms with van der Waals surface area (Å²) in [5.74, 6) is 0. The molecule has 1 rings (SSSR count).